The summed E-state index contributed by atoms with van der Waals surface area (Å²) in [7, 11) is 0. The molecule has 0 radical (unpaired) electrons. The van der Waals surface area contributed by atoms with E-state index in [1.54, 1.807) is 23.5 Å². The molecule has 0 saturated heterocycles. The Bertz CT molecular complexity index is 631. The Kier molecular flexibility index (Phi) is 33.1. The molecule has 0 unspecified atom stereocenters. The van der Waals surface area contributed by atoms with Gasteiger partial charge in [-0.15, -0.1) is 70.6 Å². The quantitative estimate of drug-likeness (QED) is 0.0238. The molecule has 0 aromatic heterocycles. The molecule has 0 fully saturated rings. The van der Waals surface area contributed by atoms with Crippen LogP contribution in [0.4, 0.5) is 9.59 Å². The van der Waals surface area contributed by atoms with E-state index in [-0.39, 0.29) is 25.8 Å². The molecule has 0 spiro atoms. The number of hydrogen-bond donors (Lipinski definition) is 4. The summed E-state index contributed by atoms with van der Waals surface area (Å²) in [6.07, 6.45) is 2.40. The van der Waals surface area contributed by atoms with Crippen LogP contribution >= 0.6 is 70.6 Å². The first-order chi connectivity index (χ1) is 19.2. The van der Waals surface area contributed by atoms with E-state index in [2.05, 4.69) is 25.5 Å². The van der Waals surface area contributed by atoms with Gasteiger partial charge in [-0.1, -0.05) is 0 Å². The minimum atomic E-state index is -0.496. The fourth-order valence-electron chi connectivity index (χ4n) is 1.57. The summed E-state index contributed by atoms with van der Waals surface area (Å²) in [6, 6.07) is 0. The summed E-state index contributed by atoms with van der Waals surface area (Å²) in [5.41, 5.74) is 0. The van der Waals surface area contributed by atoms with E-state index in [1.165, 1.54) is 59.8 Å². The molecule has 0 rings (SSSR count). The summed E-state index contributed by atoms with van der Waals surface area (Å²) in [5.74, 6) is 2.38. The highest BCUT2D eigenvalue weighted by Crippen LogP contribution is 2.13. The van der Waals surface area contributed by atoms with Crippen molar-refractivity contribution in [1.82, 2.24) is 10.6 Å². The van der Waals surface area contributed by atoms with Gasteiger partial charge in [-0.25, -0.2) is 19.6 Å². The topological polar surface area (TPSA) is 179 Å². The van der Waals surface area contributed by atoms with E-state index >= 15 is 0 Å². The van der Waals surface area contributed by atoms with Crippen LogP contribution in [0.15, 0.2) is 9.98 Å². The molecule has 0 atom stereocenters. The fourth-order valence-corrected chi connectivity index (χ4v) is 5.88. The van der Waals surface area contributed by atoms with Gasteiger partial charge in [-0.05, 0) is 6.42 Å². The van der Waals surface area contributed by atoms with Gasteiger partial charge in [-0.2, -0.15) is 9.78 Å². The number of carbonyl (C=O) groups is 2. The predicted octanol–water partition coefficient (Wildman–Crippen LogP) is 3.17. The third kappa shape index (κ3) is 33.5. The van der Waals surface area contributed by atoms with E-state index < -0.39 is 12.2 Å². The van der Waals surface area contributed by atoms with Gasteiger partial charge in [0.15, 0.2) is 0 Å². The van der Waals surface area contributed by atoms with E-state index in [4.69, 9.17) is 34.3 Å². The van der Waals surface area contributed by atoms with Gasteiger partial charge in [0.1, 0.15) is 11.9 Å². The second kappa shape index (κ2) is 33.6. The van der Waals surface area contributed by atoms with Crippen molar-refractivity contribution >= 4 is 95.6 Å². The largest absolute Gasteiger partial charge is 0.449 e. The monoisotopic (exact) mass is 672 g/mol. The van der Waals surface area contributed by atoms with Gasteiger partial charge in [0.25, 0.3) is 0 Å². The second-order valence-electron chi connectivity index (χ2n) is 6.14. The summed E-state index contributed by atoms with van der Waals surface area (Å²) >= 11 is 9.03. The van der Waals surface area contributed by atoms with Crippen LogP contribution in [0.5, 0.6) is 0 Å². The Morgan fingerprint density at radius 1 is 0.667 bits per heavy atom. The predicted molar refractivity (Wildman–Crippen MR) is 163 cm³/mol. The molecule has 0 aliphatic carbocycles. The maximum Gasteiger partial charge on any atom is 0.408 e. The molecular formula is C19H36N4O10S6. The fraction of sp³-hybridized carbons (Fsp3) is 0.789. The van der Waals surface area contributed by atoms with Crippen molar-refractivity contribution in [3.05, 3.63) is 0 Å². The zero-order chi connectivity index (χ0) is 28.5. The van der Waals surface area contributed by atoms with Gasteiger partial charge >= 0.3 is 12.2 Å². The van der Waals surface area contributed by atoms with Crippen LogP contribution < -0.4 is 10.6 Å². The molecule has 0 aliphatic rings. The number of alkyl carbamates (subject to hydrolysis) is 2. The van der Waals surface area contributed by atoms with Crippen molar-refractivity contribution in [3.8, 4) is 0 Å². The Balaban J connectivity index is 3.28. The summed E-state index contributed by atoms with van der Waals surface area (Å²) < 4.78 is 9.89. The number of nitrogens with one attached hydrogen (secondary N) is 2. The number of amides is 2. The zero-order valence-corrected chi connectivity index (χ0v) is 26.2. The van der Waals surface area contributed by atoms with E-state index in [0.29, 0.717) is 54.0 Å². The molecule has 39 heavy (non-hydrogen) atoms. The number of aliphatic imine (C=N–C) groups is 2. The van der Waals surface area contributed by atoms with Crippen LogP contribution in [0.1, 0.15) is 12.8 Å². The number of aliphatic hydroxyl groups is 2. The minimum absolute atomic E-state index is 0.00831. The highest BCUT2D eigenvalue weighted by Gasteiger charge is 2.02. The number of nitrogens with zero attached hydrogens (tertiary/aromatic N) is 2. The SMILES string of the molecule is O=C(NCSCSC/N=C/OOCSCSCOC(=O)NCSCSC/N=C\OOCCCO)OCCCO. The van der Waals surface area contributed by atoms with Gasteiger partial charge < -0.3 is 40.1 Å². The number of hydrogen-bond acceptors (Lipinski definition) is 18. The molecule has 0 aromatic rings. The Morgan fingerprint density at radius 3 is 1.85 bits per heavy atom. The lowest BCUT2D eigenvalue weighted by molar-refractivity contribution is -0.217. The molecule has 0 heterocycles. The molecular weight excluding hydrogens is 637 g/mol. The number of rotatable bonds is 28. The van der Waals surface area contributed by atoms with Crippen LogP contribution in [0.25, 0.3) is 0 Å². The molecule has 2 amide bonds. The van der Waals surface area contributed by atoms with Crippen LogP contribution in [-0.4, -0.2) is 112 Å². The standard InChI is InChI=1S/C19H36N4O10S6/c24-3-1-5-28-18(26)22-11-36-15-35-10-21-8-32-33-14-39-17-38-13-29-19(27)23-12-37-16-34-9-20-7-31-30-6-2-4-25/h7-8,24-25H,1-6,9-17H2,(H,22,26)(H,23,27)/b20-7-,21-8+. The summed E-state index contributed by atoms with van der Waals surface area (Å²) in [4.78, 5) is 50.0. The second-order valence-corrected chi connectivity index (χ2v) is 13.0. The lowest BCUT2D eigenvalue weighted by Crippen LogP contribution is -2.24. The third-order valence-corrected chi connectivity index (χ3v) is 9.07. The highest BCUT2D eigenvalue weighted by atomic mass is 32.2. The van der Waals surface area contributed by atoms with Gasteiger partial charge in [0.05, 0.1) is 36.7 Å². The molecule has 0 aliphatic heterocycles. The number of aliphatic hydroxyl groups excluding tert-OH is 2. The van der Waals surface area contributed by atoms with E-state index in [0.717, 1.165) is 10.2 Å². The Morgan fingerprint density at radius 2 is 1.21 bits per heavy atom. The number of ether oxygens (including phenoxy) is 2. The molecule has 20 heteroatoms. The number of carbonyl (C=O) groups excluding carboxylic acids is 2. The van der Waals surface area contributed by atoms with E-state index in [1.807, 2.05) is 0 Å². The van der Waals surface area contributed by atoms with Crippen molar-refractivity contribution < 1.29 is 48.8 Å². The first-order valence-corrected chi connectivity index (χ1v) is 18.2. The average Bonchev–Trinajstić information content (AvgIpc) is 2.93. The average molecular weight is 673 g/mol. The first-order valence-electron chi connectivity index (χ1n) is 11.2. The number of thioether (sulfide) groups is 6. The van der Waals surface area contributed by atoms with E-state index in [9.17, 15) is 9.59 Å². The summed E-state index contributed by atoms with van der Waals surface area (Å²) in [6.45, 7) is 0.550. The molecule has 0 saturated carbocycles. The maximum atomic E-state index is 11.6. The minimum Gasteiger partial charge on any atom is -0.449 e. The molecule has 228 valence electrons. The van der Waals surface area contributed by atoms with Crippen LogP contribution in [0.2, 0.25) is 0 Å². The van der Waals surface area contributed by atoms with Gasteiger partial charge in [0, 0.05) is 34.9 Å². The van der Waals surface area contributed by atoms with Crippen molar-refractivity contribution in [2.24, 2.45) is 9.98 Å². The molecule has 0 aromatic carbocycles. The smallest absolute Gasteiger partial charge is 0.408 e. The van der Waals surface area contributed by atoms with Crippen molar-refractivity contribution in [2.75, 3.05) is 77.1 Å². The zero-order valence-electron chi connectivity index (χ0n) is 21.3. The third-order valence-electron chi connectivity index (χ3n) is 3.17. The normalized spacial score (nSPS) is 11.1. The Hall–Kier alpha value is -0.580. The van der Waals surface area contributed by atoms with Crippen molar-refractivity contribution in [2.45, 2.75) is 12.8 Å². The van der Waals surface area contributed by atoms with Crippen LogP contribution in [-0.2, 0) is 29.0 Å². The van der Waals surface area contributed by atoms with Crippen molar-refractivity contribution in [3.63, 3.8) is 0 Å². The molecule has 14 nitrogen and oxygen atoms in total. The lowest BCUT2D eigenvalue weighted by Gasteiger charge is -2.06. The van der Waals surface area contributed by atoms with Crippen molar-refractivity contribution in [1.29, 1.82) is 0 Å². The highest BCUT2D eigenvalue weighted by molar-refractivity contribution is 8.16. The molecule has 0 bridgehead atoms. The lowest BCUT2D eigenvalue weighted by atomic mass is 10.5. The van der Waals surface area contributed by atoms with Crippen LogP contribution in [0.3, 0.4) is 0 Å². The molecule has 4 N–H and O–H groups in total. The Labute approximate surface area is 253 Å². The van der Waals surface area contributed by atoms with Gasteiger partial charge in [-0.3, -0.25) is 0 Å². The maximum absolute atomic E-state index is 11.6. The van der Waals surface area contributed by atoms with Crippen LogP contribution in [0, 0.1) is 0 Å². The summed E-state index contributed by atoms with van der Waals surface area (Å²) in [5, 5.41) is 24.5. The first kappa shape index (κ1) is 38.4. The van der Waals surface area contributed by atoms with Gasteiger partial charge in [0.2, 0.25) is 12.8 Å².